The summed E-state index contributed by atoms with van der Waals surface area (Å²) in [7, 11) is 0. The Labute approximate surface area is 197 Å². The number of hydrogen-bond acceptors (Lipinski definition) is 5. The number of nitrogens with two attached hydrogens (primary N) is 1. The first-order valence-electron chi connectivity index (χ1n) is 11.0. The van der Waals surface area contributed by atoms with Crippen LogP contribution >= 0.6 is 0 Å². The van der Waals surface area contributed by atoms with Crippen LogP contribution in [0.5, 0.6) is 0 Å². The van der Waals surface area contributed by atoms with Gasteiger partial charge >= 0.3 is 0 Å². The van der Waals surface area contributed by atoms with E-state index in [0.29, 0.717) is 27.9 Å². The van der Waals surface area contributed by atoms with Crippen LogP contribution in [0, 0.1) is 20.8 Å². The van der Waals surface area contributed by atoms with Crippen molar-refractivity contribution in [3.63, 3.8) is 0 Å². The molecular weight excluding hydrogens is 424 g/mol. The van der Waals surface area contributed by atoms with E-state index in [1.165, 1.54) is 4.68 Å². The van der Waals surface area contributed by atoms with Gasteiger partial charge < -0.3 is 11.1 Å². The Hall–Kier alpha value is -4.52. The van der Waals surface area contributed by atoms with Crippen molar-refractivity contribution in [3.8, 4) is 0 Å². The van der Waals surface area contributed by atoms with Crippen LogP contribution in [0.15, 0.2) is 71.8 Å². The van der Waals surface area contributed by atoms with E-state index in [1.54, 1.807) is 6.21 Å². The lowest BCUT2D eigenvalue weighted by Gasteiger charge is -2.08. The number of anilines is 2. The van der Waals surface area contributed by atoms with E-state index < -0.39 is 0 Å². The second-order valence-corrected chi connectivity index (χ2v) is 8.37. The molecule has 0 saturated carbocycles. The van der Waals surface area contributed by atoms with Gasteiger partial charge in [0.2, 0.25) is 0 Å². The smallest absolute Gasteiger partial charge is 0.261 e. The van der Waals surface area contributed by atoms with Gasteiger partial charge in [-0.25, -0.2) is 9.97 Å². The van der Waals surface area contributed by atoms with Crippen LogP contribution in [0.4, 0.5) is 11.5 Å². The number of aryl methyl sites for hydroxylation is 3. The maximum Gasteiger partial charge on any atom is 0.261 e. The average Bonchev–Trinajstić information content (AvgIpc) is 3.08. The highest BCUT2D eigenvalue weighted by Crippen LogP contribution is 2.29. The van der Waals surface area contributed by atoms with E-state index in [1.807, 2.05) is 87.5 Å². The normalized spacial score (nSPS) is 11.5. The molecule has 0 atom stereocenters. The minimum absolute atomic E-state index is 0.176. The molecule has 0 saturated heterocycles. The van der Waals surface area contributed by atoms with Crippen LogP contribution in [0.2, 0.25) is 0 Å². The van der Waals surface area contributed by atoms with E-state index in [4.69, 9.17) is 15.7 Å². The Morgan fingerprint density at radius 3 is 2.44 bits per heavy atom. The van der Waals surface area contributed by atoms with Gasteiger partial charge in [0.1, 0.15) is 16.9 Å². The molecule has 7 nitrogen and oxygen atoms in total. The molecule has 2 aromatic heterocycles. The highest BCUT2D eigenvalue weighted by Gasteiger charge is 2.24. The number of nitrogens with one attached hydrogen (secondary N) is 1. The van der Waals surface area contributed by atoms with E-state index >= 15 is 0 Å². The number of carbonyl (C=O) groups excluding carboxylic acids is 1. The molecule has 2 heterocycles. The molecule has 5 aromatic rings. The van der Waals surface area contributed by atoms with Crippen molar-refractivity contribution in [2.24, 2.45) is 5.10 Å². The van der Waals surface area contributed by atoms with Crippen LogP contribution < -0.4 is 11.1 Å². The second-order valence-electron chi connectivity index (χ2n) is 8.37. The van der Waals surface area contributed by atoms with Gasteiger partial charge in [-0.15, -0.1) is 0 Å². The average molecular weight is 449 g/mol. The molecule has 7 heteroatoms. The van der Waals surface area contributed by atoms with Gasteiger partial charge in [0.05, 0.1) is 17.2 Å². The third-order valence-corrected chi connectivity index (χ3v) is 5.83. The van der Waals surface area contributed by atoms with Gasteiger partial charge in [0.25, 0.3) is 5.91 Å². The monoisotopic (exact) mass is 448 g/mol. The Kier molecular flexibility index (Phi) is 5.30. The zero-order valence-electron chi connectivity index (χ0n) is 19.2. The number of hydrogen-bond donors (Lipinski definition) is 2. The van der Waals surface area contributed by atoms with Crippen LogP contribution in [0.3, 0.4) is 0 Å². The summed E-state index contributed by atoms with van der Waals surface area (Å²) in [5.74, 6) is -0.185. The first-order chi connectivity index (χ1) is 16.4. The number of para-hydroxylation sites is 2. The number of nitrogen functional groups attached to an aromatic ring is 1. The third-order valence-electron chi connectivity index (χ3n) is 5.83. The molecule has 3 aromatic carbocycles. The lowest BCUT2D eigenvalue weighted by molar-refractivity contribution is 0.102. The number of carbonyl (C=O) groups is 1. The molecule has 34 heavy (non-hydrogen) atoms. The molecule has 0 aliphatic heterocycles. The fourth-order valence-corrected chi connectivity index (χ4v) is 3.88. The highest BCUT2D eigenvalue weighted by molar-refractivity contribution is 6.16. The minimum atomic E-state index is -0.361. The lowest BCUT2D eigenvalue weighted by Crippen LogP contribution is -2.14. The van der Waals surface area contributed by atoms with Crippen molar-refractivity contribution in [2.45, 2.75) is 20.8 Å². The van der Waals surface area contributed by atoms with Crippen molar-refractivity contribution in [3.05, 3.63) is 94.5 Å². The summed E-state index contributed by atoms with van der Waals surface area (Å²) < 4.78 is 1.48. The van der Waals surface area contributed by atoms with Gasteiger partial charge in [-0.3, -0.25) is 4.79 Å². The molecule has 0 unspecified atom stereocenters. The molecule has 1 amide bonds. The van der Waals surface area contributed by atoms with E-state index in [2.05, 4.69) is 10.4 Å². The molecule has 0 bridgehead atoms. The summed E-state index contributed by atoms with van der Waals surface area (Å²) in [5.41, 5.74) is 13.9. The highest BCUT2D eigenvalue weighted by atomic mass is 16.1. The van der Waals surface area contributed by atoms with Crippen LogP contribution in [-0.2, 0) is 0 Å². The Balaban J connectivity index is 1.65. The maximum absolute atomic E-state index is 13.4. The predicted molar refractivity (Wildman–Crippen MR) is 137 cm³/mol. The Bertz CT molecular complexity index is 1600. The molecular formula is C27H24N6O. The maximum atomic E-state index is 13.4. The summed E-state index contributed by atoms with van der Waals surface area (Å²) in [5, 5.41) is 7.52. The number of amides is 1. The Morgan fingerprint density at radius 2 is 1.71 bits per heavy atom. The van der Waals surface area contributed by atoms with E-state index in [-0.39, 0.29) is 17.3 Å². The van der Waals surface area contributed by atoms with Gasteiger partial charge in [0.15, 0.2) is 5.65 Å². The van der Waals surface area contributed by atoms with E-state index in [0.717, 1.165) is 22.3 Å². The fraction of sp³-hybridized carbons (Fsp3) is 0.111. The Morgan fingerprint density at radius 1 is 0.941 bits per heavy atom. The van der Waals surface area contributed by atoms with Gasteiger partial charge in [-0.2, -0.15) is 9.78 Å². The number of benzene rings is 3. The lowest BCUT2D eigenvalue weighted by atomic mass is 10.1. The fourth-order valence-electron chi connectivity index (χ4n) is 3.88. The van der Waals surface area contributed by atoms with Crippen LogP contribution in [0.25, 0.3) is 22.2 Å². The molecule has 5 rings (SSSR count). The molecule has 0 fully saturated rings. The van der Waals surface area contributed by atoms with Crippen LogP contribution in [-0.4, -0.2) is 26.8 Å². The van der Waals surface area contributed by atoms with Gasteiger partial charge in [-0.05, 0) is 61.7 Å². The topological polar surface area (TPSA) is 98.2 Å². The molecule has 0 spiro atoms. The zero-order valence-corrected chi connectivity index (χ0v) is 19.2. The summed E-state index contributed by atoms with van der Waals surface area (Å²) in [6, 6.07) is 21.2. The predicted octanol–water partition coefficient (Wildman–Crippen LogP) is 5.23. The zero-order chi connectivity index (χ0) is 23.8. The molecule has 3 N–H and O–H groups in total. The number of aromatic nitrogens is 3. The number of nitrogens with zero attached hydrogens (tertiary/aromatic N) is 4. The van der Waals surface area contributed by atoms with Gasteiger partial charge in [0, 0.05) is 5.69 Å². The number of fused-ring (bicyclic) bond motifs is 2. The first kappa shape index (κ1) is 21.3. The number of rotatable bonds is 4. The summed E-state index contributed by atoms with van der Waals surface area (Å²) in [4.78, 5) is 22.8. The molecule has 168 valence electrons. The quantitative estimate of drug-likeness (QED) is 0.368. The van der Waals surface area contributed by atoms with Crippen molar-refractivity contribution in [1.82, 2.24) is 14.6 Å². The van der Waals surface area contributed by atoms with Crippen molar-refractivity contribution >= 4 is 45.8 Å². The molecule has 0 aliphatic carbocycles. The SMILES string of the molecule is Cc1cccc(C=Nn2c(N)c(C(=O)Nc3ccc(C)c(C)c3)c3nc4ccccc4nc32)c1. The van der Waals surface area contributed by atoms with Crippen molar-refractivity contribution in [1.29, 1.82) is 0 Å². The largest absolute Gasteiger partial charge is 0.383 e. The molecule has 0 radical (unpaired) electrons. The molecule has 0 aliphatic rings. The van der Waals surface area contributed by atoms with Gasteiger partial charge in [-0.1, -0.05) is 48.0 Å². The first-order valence-corrected chi connectivity index (χ1v) is 11.0. The summed E-state index contributed by atoms with van der Waals surface area (Å²) >= 11 is 0. The summed E-state index contributed by atoms with van der Waals surface area (Å²) in [6.07, 6.45) is 1.70. The van der Waals surface area contributed by atoms with Crippen molar-refractivity contribution < 1.29 is 4.79 Å². The standard InChI is InChI=1S/C27H24N6O/c1-16-7-6-8-19(13-16)15-29-33-25(28)23(27(34)30-20-12-11-17(2)18(3)14-20)24-26(33)32-22-10-5-4-9-21(22)31-24/h4-15H,28H2,1-3H3,(H,30,34). The summed E-state index contributed by atoms with van der Waals surface area (Å²) in [6.45, 7) is 6.05. The van der Waals surface area contributed by atoms with E-state index in [9.17, 15) is 4.79 Å². The third kappa shape index (κ3) is 3.88. The van der Waals surface area contributed by atoms with Crippen LogP contribution in [0.1, 0.15) is 32.6 Å². The van der Waals surface area contributed by atoms with Crippen molar-refractivity contribution in [2.75, 3.05) is 11.1 Å². The second kappa shape index (κ2) is 8.44. The minimum Gasteiger partial charge on any atom is -0.383 e.